The van der Waals surface area contributed by atoms with E-state index < -0.39 is 0 Å². The number of likely N-dealkylation sites (tertiary alicyclic amines) is 1. The number of carbonyl (C=O) groups is 2. The van der Waals surface area contributed by atoms with Crippen molar-refractivity contribution in [3.8, 4) is 0 Å². The van der Waals surface area contributed by atoms with Gasteiger partial charge in [-0.15, -0.1) is 0 Å². The third-order valence-corrected chi connectivity index (χ3v) is 4.92. The Morgan fingerprint density at radius 1 is 1.08 bits per heavy atom. The first kappa shape index (κ1) is 20.4. The predicted octanol–water partition coefficient (Wildman–Crippen LogP) is 2.94. The number of hydrogen-bond donors (Lipinski definition) is 2. The lowest BCUT2D eigenvalue weighted by Crippen LogP contribution is -2.34. The average molecular weight is 360 g/mol. The molecule has 1 aromatic rings. The molecular weight excluding hydrogens is 326 g/mol. The van der Waals surface area contributed by atoms with E-state index in [1.165, 1.54) is 45.7 Å². The second kappa shape index (κ2) is 11.0. The third-order valence-electron chi connectivity index (χ3n) is 4.92. The van der Waals surface area contributed by atoms with Gasteiger partial charge in [-0.1, -0.05) is 42.7 Å². The van der Waals surface area contributed by atoms with E-state index in [1.807, 2.05) is 31.2 Å². The topological polar surface area (TPSA) is 61.4 Å². The van der Waals surface area contributed by atoms with Crippen molar-refractivity contribution in [2.45, 2.75) is 58.4 Å². The Kier molecular flexibility index (Phi) is 8.62. The first-order chi connectivity index (χ1) is 12.5. The second-order valence-electron chi connectivity index (χ2n) is 7.33. The molecule has 2 N–H and O–H groups in total. The standard InChI is InChI=1S/C21H33N3O2/c1-17-8-10-19(11-9-17)20(23-18(2)25)16-21(26)22-12-7-15-24-13-5-3-4-6-14-24/h8-11,20H,3-7,12-16H2,1-2H3,(H,22,26)(H,23,25). The van der Waals surface area contributed by atoms with Gasteiger partial charge in [-0.2, -0.15) is 0 Å². The zero-order chi connectivity index (χ0) is 18.8. The maximum absolute atomic E-state index is 12.3. The summed E-state index contributed by atoms with van der Waals surface area (Å²) in [6.45, 7) is 7.62. The Labute approximate surface area is 157 Å². The summed E-state index contributed by atoms with van der Waals surface area (Å²) in [5.41, 5.74) is 2.12. The maximum Gasteiger partial charge on any atom is 0.222 e. The Morgan fingerprint density at radius 3 is 2.35 bits per heavy atom. The van der Waals surface area contributed by atoms with Gasteiger partial charge in [0, 0.05) is 13.5 Å². The molecule has 2 rings (SSSR count). The summed E-state index contributed by atoms with van der Waals surface area (Å²) in [4.78, 5) is 26.3. The van der Waals surface area contributed by atoms with Crippen molar-refractivity contribution in [3.05, 3.63) is 35.4 Å². The van der Waals surface area contributed by atoms with E-state index in [1.54, 1.807) is 0 Å². The SMILES string of the molecule is CC(=O)NC(CC(=O)NCCCN1CCCCCC1)c1ccc(C)cc1. The fourth-order valence-corrected chi connectivity index (χ4v) is 3.44. The first-order valence-electron chi connectivity index (χ1n) is 9.87. The minimum absolute atomic E-state index is 0.0137. The summed E-state index contributed by atoms with van der Waals surface area (Å²) in [6, 6.07) is 7.68. The summed E-state index contributed by atoms with van der Waals surface area (Å²) in [7, 11) is 0. The van der Waals surface area contributed by atoms with Gasteiger partial charge in [0.05, 0.1) is 12.5 Å². The first-order valence-corrected chi connectivity index (χ1v) is 9.87. The fraction of sp³-hybridized carbons (Fsp3) is 0.619. The number of carbonyl (C=O) groups excluding carboxylic acids is 2. The average Bonchev–Trinajstić information content (AvgIpc) is 2.87. The minimum atomic E-state index is -0.279. The number of nitrogens with one attached hydrogen (secondary N) is 2. The lowest BCUT2D eigenvalue weighted by molar-refractivity contribution is -0.122. The molecule has 0 saturated carbocycles. The van der Waals surface area contributed by atoms with Crippen LogP contribution in [-0.4, -0.2) is 42.9 Å². The van der Waals surface area contributed by atoms with Crippen molar-refractivity contribution in [2.24, 2.45) is 0 Å². The van der Waals surface area contributed by atoms with Gasteiger partial charge < -0.3 is 15.5 Å². The lowest BCUT2D eigenvalue weighted by atomic mass is 10.0. The van der Waals surface area contributed by atoms with Crippen molar-refractivity contribution < 1.29 is 9.59 Å². The smallest absolute Gasteiger partial charge is 0.222 e. The summed E-state index contributed by atoms with van der Waals surface area (Å²) in [6.07, 6.45) is 6.52. The van der Waals surface area contributed by atoms with Crippen LogP contribution in [0.3, 0.4) is 0 Å². The van der Waals surface area contributed by atoms with Crippen LogP contribution in [0.4, 0.5) is 0 Å². The van der Waals surface area contributed by atoms with E-state index in [-0.39, 0.29) is 24.3 Å². The minimum Gasteiger partial charge on any atom is -0.356 e. The molecule has 1 aliphatic rings. The second-order valence-corrected chi connectivity index (χ2v) is 7.33. The van der Waals surface area contributed by atoms with Gasteiger partial charge in [-0.25, -0.2) is 0 Å². The van der Waals surface area contributed by atoms with E-state index in [2.05, 4.69) is 15.5 Å². The fourth-order valence-electron chi connectivity index (χ4n) is 3.44. The van der Waals surface area contributed by atoms with E-state index in [4.69, 9.17) is 0 Å². The quantitative estimate of drug-likeness (QED) is 0.702. The maximum atomic E-state index is 12.3. The number of rotatable bonds is 8. The molecule has 0 aromatic heterocycles. The van der Waals surface area contributed by atoms with Crippen molar-refractivity contribution in [1.82, 2.24) is 15.5 Å². The van der Waals surface area contributed by atoms with Crippen LogP contribution in [0.1, 0.15) is 62.6 Å². The molecule has 0 bridgehead atoms. The lowest BCUT2D eigenvalue weighted by Gasteiger charge is -2.20. The molecule has 0 spiro atoms. The van der Waals surface area contributed by atoms with Crippen LogP contribution in [0.2, 0.25) is 0 Å². The predicted molar refractivity (Wildman–Crippen MR) is 105 cm³/mol. The monoisotopic (exact) mass is 359 g/mol. The van der Waals surface area contributed by atoms with Crippen LogP contribution < -0.4 is 10.6 Å². The molecule has 0 radical (unpaired) electrons. The molecule has 5 heteroatoms. The molecule has 144 valence electrons. The molecular formula is C21H33N3O2. The molecule has 1 saturated heterocycles. The number of amides is 2. The van der Waals surface area contributed by atoms with Gasteiger partial charge in [-0.3, -0.25) is 9.59 Å². The number of nitrogens with zero attached hydrogens (tertiary/aromatic N) is 1. The summed E-state index contributed by atoms with van der Waals surface area (Å²) in [5.74, 6) is -0.135. The molecule has 26 heavy (non-hydrogen) atoms. The number of hydrogen-bond acceptors (Lipinski definition) is 3. The molecule has 1 fully saturated rings. The highest BCUT2D eigenvalue weighted by atomic mass is 16.2. The molecule has 1 unspecified atom stereocenters. The van der Waals surface area contributed by atoms with Crippen molar-refractivity contribution in [3.63, 3.8) is 0 Å². The highest BCUT2D eigenvalue weighted by Crippen LogP contribution is 2.17. The van der Waals surface area contributed by atoms with Crippen molar-refractivity contribution in [2.75, 3.05) is 26.2 Å². The van der Waals surface area contributed by atoms with Crippen LogP contribution in [0.25, 0.3) is 0 Å². The van der Waals surface area contributed by atoms with Crippen LogP contribution in [0, 0.1) is 6.92 Å². The van der Waals surface area contributed by atoms with Crippen molar-refractivity contribution >= 4 is 11.8 Å². The molecule has 1 aliphatic heterocycles. The summed E-state index contributed by atoms with van der Waals surface area (Å²) < 4.78 is 0. The van der Waals surface area contributed by atoms with Gasteiger partial charge in [0.2, 0.25) is 11.8 Å². The van der Waals surface area contributed by atoms with Gasteiger partial charge in [0.25, 0.3) is 0 Å². The molecule has 1 aromatic carbocycles. The van der Waals surface area contributed by atoms with E-state index in [0.717, 1.165) is 24.1 Å². The third kappa shape index (κ3) is 7.56. The van der Waals surface area contributed by atoms with Crippen LogP contribution in [0.15, 0.2) is 24.3 Å². The molecule has 2 amide bonds. The van der Waals surface area contributed by atoms with Gasteiger partial charge in [0.15, 0.2) is 0 Å². The Balaban J connectivity index is 1.75. The zero-order valence-corrected chi connectivity index (χ0v) is 16.2. The molecule has 5 nitrogen and oxygen atoms in total. The normalized spacial score (nSPS) is 16.5. The summed E-state index contributed by atoms with van der Waals surface area (Å²) in [5, 5.41) is 5.89. The van der Waals surface area contributed by atoms with Crippen LogP contribution >= 0.6 is 0 Å². The Morgan fingerprint density at radius 2 is 1.73 bits per heavy atom. The molecule has 1 heterocycles. The van der Waals surface area contributed by atoms with Crippen LogP contribution in [-0.2, 0) is 9.59 Å². The van der Waals surface area contributed by atoms with Gasteiger partial charge in [-0.05, 0) is 51.4 Å². The highest BCUT2D eigenvalue weighted by molar-refractivity contribution is 5.79. The van der Waals surface area contributed by atoms with Crippen LogP contribution in [0.5, 0.6) is 0 Å². The zero-order valence-electron chi connectivity index (χ0n) is 16.2. The highest BCUT2D eigenvalue weighted by Gasteiger charge is 2.17. The van der Waals surface area contributed by atoms with Gasteiger partial charge in [0.1, 0.15) is 0 Å². The number of aryl methyl sites for hydroxylation is 1. The van der Waals surface area contributed by atoms with E-state index >= 15 is 0 Å². The summed E-state index contributed by atoms with van der Waals surface area (Å²) >= 11 is 0. The van der Waals surface area contributed by atoms with E-state index in [0.29, 0.717) is 6.54 Å². The van der Waals surface area contributed by atoms with Crippen molar-refractivity contribution in [1.29, 1.82) is 0 Å². The Bertz CT molecular complexity index is 563. The molecule has 0 aliphatic carbocycles. The largest absolute Gasteiger partial charge is 0.356 e. The van der Waals surface area contributed by atoms with E-state index in [9.17, 15) is 9.59 Å². The number of benzene rings is 1. The Hall–Kier alpha value is -1.88. The van der Waals surface area contributed by atoms with Gasteiger partial charge >= 0.3 is 0 Å². The molecule has 1 atom stereocenters.